The van der Waals surface area contributed by atoms with Gasteiger partial charge in [-0.25, -0.2) is 0 Å². The number of hydrogen-bond acceptors (Lipinski definition) is 5. The first-order chi connectivity index (χ1) is 7.20. The van der Waals surface area contributed by atoms with Crippen molar-refractivity contribution in [1.82, 2.24) is 10.6 Å². The Labute approximate surface area is 88.6 Å². The van der Waals surface area contributed by atoms with Crippen molar-refractivity contribution in [3.05, 3.63) is 0 Å². The van der Waals surface area contributed by atoms with E-state index in [1.807, 2.05) is 6.07 Å². The molecular weight excluding hydrogens is 198 g/mol. The Morgan fingerprint density at radius 1 is 1.40 bits per heavy atom. The van der Waals surface area contributed by atoms with Crippen molar-refractivity contribution in [2.45, 2.75) is 13.3 Å². The highest BCUT2D eigenvalue weighted by Gasteiger charge is 2.03. The molecule has 0 rings (SSSR count). The summed E-state index contributed by atoms with van der Waals surface area (Å²) in [4.78, 5) is 21.8. The number of ether oxygens (including phenoxy) is 1. The fraction of sp³-hybridized carbons (Fsp3) is 0.667. The van der Waals surface area contributed by atoms with Gasteiger partial charge in [-0.2, -0.15) is 5.26 Å². The summed E-state index contributed by atoms with van der Waals surface area (Å²) in [5.74, 6) is -0.628. The fourth-order valence-corrected chi connectivity index (χ4v) is 0.810. The molecule has 15 heavy (non-hydrogen) atoms. The van der Waals surface area contributed by atoms with Crippen molar-refractivity contribution in [2.24, 2.45) is 0 Å². The molecule has 0 atom stereocenters. The molecule has 0 bridgehead atoms. The number of nitriles is 1. The number of nitrogens with zero attached hydrogens (tertiary/aromatic N) is 1. The zero-order chi connectivity index (χ0) is 11.5. The van der Waals surface area contributed by atoms with Crippen molar-refractivity contribution in [3.63, 3.8) is 0 Å². The Bertz CT molecular complexity index is 247. The van der Waals surface area contributed by atoms with Crippen molar-refractivity contribution in [1.29, 1.82) is 5.26 Å². The van der Waals surface area contributed by atoms with Crippen LogP contribution in [0.1, 0.15) is 13.3 Å². The largest absolute Gasteiger partial charge is 0.465 e. The minimum Gasteiger partial charge on any atom is -0.465 e. The summed E-state index contributed by atoms with van der Waals surface area (Å²) in [7, 11) is 0. The molecule has 6 heteroatoms. The van der Waals surface area contributed by atoms with Gasteiger partial charge >= 0.3 is 5.97 Å². The predicted octanol–water partition coefficient (Wildman–Crippen LogP) is -0.831. The van der Waals surface area contributed by atoms with E-state index in [1.165, 1.54) is 0 Å². The van der Waals surface area contributed by atoms with E-state index in [0.717, 1.165) is 0 Å². The molecule has 0 saturated carbocycles. The Morgan fingerprint density at radius 2 is 2.13 bits per heavy atom. The molecule has 0 aromatic carbocycles. The topological polar surface area (TPSA) is 91.2 Å². The van der Waals surface area contributed by atoms with Gasteiger partial charge in [0, 0.05) is 6.54 Å². The van der Waals surface area contributed by atoms with Gasteiger partial charge in [0.1, 0.15) is 0 Å². The van der Waals surface area contributed by atoms with Gasteiger partial charge in [-0.05, 0) is 6.92 Å². The number of nitrogens with one attached hydrogen (secondary N) is 2. The van der Waals surface area contributed by atoms with Gasteiger partial charge in [0.25, 0.3) is 0 Å². The van der Waals surface area contributed by atoms with Gasteiger partial charge in [0.15, 0.2) is 0 Å². The summed E-state index contributed by atoms with van der Waals surface area (Å²) < 4.78 is 4.65. The molecule has 84 valence electrons. The number of amides is 1. The van der Waals surface area contributed by atoms with Crippen LogP contribution < -0.4 is 10.6 Å². The third kappa shape index (κ3) is 8.71. The number of carbonyl (C=O) groups excluding carboxylic acids is 2. The maximum Gasteiger partial charge on any atom is 0.319 e. The molecule has 0 heterocycles. The molecule has 0 aliphatic carbocycles. The van der Waals surface area contributed by atoms with Crippen LogP contribution in [0.4, 0.5) is 0 Å². The van der Waals surface area contributed by atoms with E-state index in [4.69, 9.17) is 5.26 Å². The van der Waals surface area contributed by atoms with E-state index in [1.54, 1.807) is 6.92 Å². The maximum atomic E-state index is 11.0. The molecule has 0 fully saturated rings. The molecule has 0 aromatic rings. The van der Waals surface area contributed by atoms with Crippen LogP contribution in [-0.4, -0.2) is 38.1 Å². The molecule has 0 saturated heterocycles. The highest BCUT2D eigenvalue weighted by molar-refractivity contribution is 5.79. The average molecular weight is 213 g/mol. The second-order valence-electron chi connectivity index (χ2n) is 2.67. The molecule has 0 radical (unpaired) electrons. The van der Waals surface area contributed by atoms with Gasteiger partial charge in [-0.15, -0.1) is 0 Å². The molecule has 6 nitrogen and oxygen atoms in total. The van der Waals surface area contributed by atoms with Crippen molar-refractivity contribution < 1.29 is 14.3 Å². The van der Waals surface area contributed by atoms with E-state index in [-0.39, 0.29) is 31.4 Å². The van der Waals surface area contributed by atoms with Crippen LogP contribution in [0.2, 0.25) is 0 Å². The first-order valence-electron chi connectivity index (χ1n) is 4.70. The zero-order valence-corrected chi connectivity index (χ0v) is 8.71. The summed E-state index contributed by atoms with van der Waals surface area (Å²) in [5.41, 5.74) is 0. The second-order valence-corrected chi connectivity index (χ2v) is 2.67. The van der Waals surface area contributed by atoms with Crippen molar-refractivity contribution in [2.75, 3.05) is 26.2 Å². The van der Waals surface area contributed by atoms with Gasteiger partial charge in [0.05, 0.1) is 32.2 Å². The summed E-state index contributed by atoms with van der Waals surface area (Å²) in [6.07, 6.45) is 0.281. The summed E-state index contributed by atoms with van der Waals surface area (Å²) >= 11 is 0. The summed E-state index contributed by atoms with van der Waals surface area (Å²) in [6, 6.07) is 1.90. The van der Waals surface area contributed by atoms with E-state index < -0.39 is 0 Å². The number of hydrogen-bond donors (Lipinski definition) is 2. The van der Waals surface area contributed by atoms with E-state index >= 15 is 0 Å². The van der Waals surface area contributed by atoms with Crippen molar-refractivity contribution in [3.8, 4) is 6.07 Å². The lowest BCUT2D eigenvalue weighted by Crippen LogP contribution is -2.36. The van der Waals surface area contributed by atoms with E-state index in [2.05, 4.69) is 15.4 Å². The number of esters is 1. The number of rotatable bonds is 7. The molecule has 2 N–H and O–H groups in total. The van der Waals surface area contributed by atoms with Crippen LogP contribution in [0.5, 0.6) is 0 Å². The lowest BCUT2D eigenvalue weighted by atomic mass is 10.4. The molecular formula is C9H15N3O3. The van der Waals surface area contributed by atoms with Gasteiger partial charge in [-0.1, -0.05) is 0 Å². The highest BCUT2D eigenvalue weighted by atomic mass is 16.5. The van der Waals surface area contributed by atoms with Crippen LogP contribution >= 0.6 is 0 Å². The van der Waals surface area contributed by atoms with Crippen LogP contribution in [0.25, 0.3) is 0 Å². The lowest BCUT2D eigenvalue weighted by molar-refractivity contribution is -0.142. The Balaban J connectivity index is 3.39. The smallest absolute Gasteiger partial charge is 0.319 e. The Kier molecular flexibility index (Phi) is 8.00. The Hall–Kier alpha value is -1.61. The first kappa shape index (κ1) is 13.4. The first-order valence-corrected chi connectivity index (χ1v) is 4.70. The second kappa shape index (κ2) is 8.97. The molecule has 0 aromatic heterocycles. The maximum absolute atomic E-state index is 11.0. The standard InChI is InChI=1S/C9H15N3O3/c1-2-15-9(14)7-11-6-8(13)12-5-3-4-10/h11H,2-3,5-7H2,1H3,(H,12,13). The minimum atomic E-state index is -0.387. The average Bonchev–Trinajstić information content (AvgIpc) is 2.18. The summed E-state index contributed by atoms with van der Waals surface area (Å²) in [5, 5.41) is 13.3. The molecule has 0 aliphatic heterocycles. The fourth-order valence-electron chi connectivity index (χ4n) is 0.810. The van der Waals surface area contributed by atoms with Crippen LogP contribution in [0, 0.1) is 11.3 Å². The van der Waals surface area contributed by atoms with Gasteiger partial charge in [0.2, 0.25) is 5.91 Å². The molecule has 1 amide bonds. The normalized spacial score (nSPS) is 9.07. The number of carbonyl (C=O) groups is 2. The van der Waals surface area contributed by atoms with Crippen LogP contribution in [0.3, 0.4) is 0 Å². The Morgan fingerprint density at radius 3 is 2.73 bits per heavy atom. The zero-order valence-electron chi connectivity index (χ0n) is 8.71. The van der Waals surface area contributed by atoms with Crippen LogP contribution in [0.15, 0.2) is 0 Å². The molecule has 0 unspecified atom stereocenters. The van der Waals surface area contributed by atoms with Gasteiger partial charge in [-0.3, -0.25) is 14.9 Å². The SMILES string of the molecule is CCOC(=O)CNCC(=O)NCCC#N. The monoisotopic (exact) mass is 213 g/mol. The van der Waals surface area contributed by atoms with E-state index in [9.17, 15) is 9.59 Å². The lowest BCUT2D eigenvalue weighted by Gasteiger charge is -2.04. The minimum absolute atomic E-state index is 0.0134. The molecule has 0 spiro atoms. The molecule has 0 aliphatic rings. The van der Waals surface area contributed by atoms with Gasteiger partial charge < -0.3 is 10.1 Å². The quantitative estimate of drug-likeness (QED) is 0.425. The third-order valence-electron chi connectivity index (χ3n) is 1.42. The summed E-state index contributed by atoms with van der Waals surface area (Å²) in [6.45, 7) is 2.43. The van der Waals surface area contributed by atoms with E-state index in [0.29, 0.717) is 13.2 Å². The van der Waals surface area contributed by atoms with Crippen molar-refractivity contribution >= 4 is 11.9 Å². The van der Waals surface area contributed by atoms with Crippen LogP contribution in [-0.2, 0) is 14.3 Å². The predicted molar refractivity (Wildman–Crippen MR) is 52.7 cm³/mol. The highest BCUT2D eigenvalue weighted by Crippen LogP contribution is 1.75. The third-order valence-corrected chi connectivity index (χ3v) is 1.42.